The monoisotopic (exact) mass is 519 g/mol. The van der Waals surface area contributed by atoms with E-state index in [1.165, 1.54) is 0 Å². The van der Waals surface area contributed by atoms with Crippen molar-refractivity contribution in [3.05, 3.63) is 64.1 Å². The SMILES string of the molecule is CS(=O)(=O)Oc1cccc([C@@H](CN2CCCC2)NC(=O)C2(c3ccc4oc(=O)[nH]c4c3)CC2)c1.S. The molecular formula is C24H29N3O6S2. The van der Waals surface area contributed by atoms with Gasteiger partial charge in [0.25, 0.3) is 0 Å². The maximum atomic E-state index is 13.6. The number of benzene rings is 2. The number of carbonyl (C=O) groups excluding carboxylic acids is 1. The molecule has 0 bridgehead atoms. The fraction of sp³-hybridized carbons (Fsp3) is 0.417. The fourth-order valence-electron chi connectivity index (χ4n) is 4.73. The zero-order valence-corrected chi connectivity index (χ0v) is 21.2. The molecule has 9 nitrogen and oxygen atoms in total. The van der Waals surface area contributed by atoms with Crippen LogP contribution in [0.25, 0.3) is 11.1 Å². The van der Waals surface area contributed by atoms with E-state index in [9.17, 15) is 18.0 Å². The van der Waals surface area contributed by atoms with Gasteiger partial charge in [-0.05, 0) is 74.2 Å². The Morgan fingerprint density at radius 3 is 2.63 bits per heavy atom. The van der Waals surface area contributed by atoms with Crippen LogP contribution < -0.4 is 15.3 Å². The maximum absolute atomic E-state index is 13.6. The van der Waals surface area contributed by atoms with E-state index in [-0.39, 0.29) is 31.2 Å². The number of oxazole rings is 1. The Labute approximate surface area is 210 Å². The normalized spacial score (nSPS) is 18.1. The van der Waals surface area contributed by atoms with E-state index >= 15 is 0 Å². The molecule has 2 aromatic carbocycles. The van der Waals surface area contributed by atoms with Crippen LogP contribution in [0, 0.1) is 0 Å². The molecule has 2 aliphatic rings. The van der Waals surface area contributed by atoms with Gasteiger partial charge in [0.1, 0.15) is 5.75 Å². The van der Waals surface area contributed by atoms with Crippen molar-refractivity contribution < 1.29 is 21.8 Å². The second-order valence-corrected chi connectivity index (χ2v) is 10.8. The first-order valence-electron chi connectivity index (χ1n) is 11.4. The summed E-state index contributed by atoms with van der Waals surface area (Å²) in [5.74, 6) is -0.393. The van der Waals surface area contributed by atoms with Gasteiger partial charge in [-0.3, -0.25) is 9.78 Å². The van der Waals surface area contributed by atoms with Crippen LogP contribution in [-0.4, -0.2) is 50.1 Å². The molecule has 1 saturated carbocycles. The number of nitrogens with one attached hydrogen (secondary N) is 2. The number of nitrogens with zero attached hydrogens (tertiary/aromatic N) is 1. The largest absolute Gasteiger partial charge is 0.417 e. The summed E-state index contributed by atoms with van der Waals surface area (Å²) in [6.07, 6.45) is 4.65. The van der Waals surface area contributed by atoms with Crippen LogP contribution in [0.2, 0.25) is 0 Å². The van der Waals surface area contributed by atoms with Crippen LogP contribution in [0.3, 0.4) is 0 Å². The lowest BCUT2D eigenvalue weighted by molar-refractivity contribution is -0.124. The molecule has 1 atom stereocenters. The molecule has 1 aromatic heterocycles. The number of likely N-dealkylation sites (tertiary alicyclic amines) is 1. The molecule has 3 aromatic rings. The number of hydrogen-bond donors (Lipinski definition) is 2. The van der Waals surface area contributed by atoms with Crippen molar-refractivity contribution in [3.8, 4) is 5.75 Å². The molecule has 1 aliphatic heterocycles. The van der Waals surface area contributed by atoms with Crippen LogP contribution >= 0.6 is 13.5 Å². The quantitative estimate of drug-likeness (QED) is 0.439. The van der Waals surface area contributed by atoms with Crippen molar-refractivity contribution in [2.75, 3.05) is 25.9 Å². The third-order valence-corrected chi connectivity index (χ3v) is 7.10. The summed E-state index contributed by atoms with van der Waals surface area (Å²) < 4.78 is 33.4. The van der Waals surface area contributed by atoms with Gasteiger partial charge in [0, 0.05) is 6.54 Å². The smallest absolute Gasteiger partial charge is 0.408 e. The van der Waals surface area contributed by atoms with E-state index in [1.807, 2.05) is 18.2 Å². The Morgan fingerprint density at radius 1 is 1.20 bits per heavy atom. The zero-order chi connectivity index (χ0) is 23.9. The van der Waals surface area contributed by atoms with Crippen molar-refractivity contribution in [2.45, 2.75) is 37.1 Å². The highest BCUT2D eigenvalue weighted by Gasteiger charge is 2.52. The molecule has 2 fully saturated rings. The van der Waals surface area contributed by atoms with Gasteiger partial charge >= 0.3 is 15.9 Å². The minimum atomic E-state index is -3.66. The topological polar surface area (TPSA) is 122 Å². The van der Waals surface area contributed by atoms with Gasteiger partial charge in [0.15, 0.2) is 5.58 Å². The van der Waals surface area contributed by atoms with E-state index in [2.05, 4.69) is 15.2 Å². The average molecular weight is 520 g/mol. The minimum absolute atomic E-state index is 0. The molecular weight excluding hydrogens is 490 g/mol. The second-order valence-electron chi connectivity index (χ2n) is 9.20. The second kappa shape index (κ2) is 9.71. The van der Waals surface area contributed by atoms with E-state index in [0.29, 0.717) is 30.5 Å². The predicted octanol–water partition coefficient (Wildman–Crippen LogP) is 2.56. The van der Waals surface area contributed by atoms with Crippen LogP contribution in [0.5, 0.6) is 5.75 Å². The fourth-order valence-corrected chi connectivity index (χ4v) is 5.19. The van der Waals surface area contributed by atoms with Gasteiger partial charge in [-0.25, -0.2) is 4.79 Å². The summed E-state index contributed by atoms with van der Waals surface area (Å²) >= 11 is 0. The van der Waals surface area contributed by atoms with Gasteiger partial charge in [-0.1, -0.05) is 18.2 Å². The number of aromatic nitrogens is 1. The average Bonchev–Trinajstić information content (AvgIpc) is 3.26. The molecule has 2 N–H and O–H groups in total. The summed E-state index contributed by atoms with van der Waals surface area (Å²) in [6, 6.07) is 11.9. The van der Waals surface area contributed by atoms with Crippen molar-refractivity contribution in [3.63, 3.8) is 0 Å². The summed E-state index contributed by atoms with van der Waals surface area (Å²) in [6.45, 7) is 2.54. The third kappa shape index (κ3) is 5.57. The lowest BCUT2D eigenvalue weighted by Gasteiger charge is -2.27. The molecule has 1 amide bonds. The van der Waals surface area contributed by atoms with Crippen LogP contribution in [0.4, 0.5) is 0 Å². The highest BCUT2D eigenvalue weighted by atomic mass is 32.2. The number of H-pyrrole nitrogens is 1. The molecule has 35 heavy (non-hydrogen) atoms. The van der Waals surface area contributed by atoms with E-state index in [0.717, 1.165) is 43.3 Å². The van der Waals surface area contributed by atoms with Crippen molar-refractivity contribution in [2.24, 2.45) is 0 Å². The van der Waals surface area contributed by atoms with E-state index < -0.39 is 21.3 Å². The molecule has 188 valence electrons. The van der Waals surface area contributed by atoms with Crippen LogP contribution in [-0.2, 0) is 20.3 Å². The molecule has 0 unspecified atom stereocenters. The third-order valence-electron chi connectivity index (χ3n) is 6.61. The number of amides is 1. The Kier molecular flexibility index (Phi) is 7.03. The molecule has 0 spiro atoms. The number of aromatic amines is 1. The van der Waals surface area contributed by atoms with Gasteiger partial charge in [-0.2, -0.15) is 21.9 Å². The Balaban J connectivity index is 0.00000289. The first-order valence-corrected chi connectivity index (χ1v) is 13.2. The molecule has 11 heteroatoms. The van der Waals surface area contributed by atoms with Gasteiger partial charge in [-0.15, -0.1) is 0 Å². The first-order chi connectivity index (χ1) is 16.2. The Morgan fingerprint density at radius 2 is 1.94 bits per heavy atom. The molecule has 2 heterocycles. The maximum Gasteiger partial charge on any atom is 0.417 e. The van der Waals surface area contributed by atoms with E-state index in [1.54, 1.807) is 24.3 Å². The van der Waals surface area contributed by atoms with Crippen molar-refractivity contribution in [1.82, 2.24) is 15.2 Å². The summed E-state index contributed by atoms with van der Waals surface area (Å²) in [4.78, 5) is 30.1. The highest BCUT2D eigenvalue weighted by molar-refractivity contribution is 7.86. The number of hydrogen-bond acceptors (Lipinski definition) is 7. The van der Waals surface area contributed by atoms with Gasteiger partial charge < -0.3 is 18.8 Å². The lowest BCUT2D eigenvalue weighted by Crippen LogP contribution is -2.41. The molecule has 1 aliphatic carbocycles. The zero-order valence-electron chi connectivity index (χ0n) is 19.4. The Hall–Kier alpha value is -2.76. The number of rotatable bonds is 8. The molecule has 5 rings (SSSR count). The van der Waals surface area contributed by atoms with Crippen LogP contribution in [0.15, 0.2) is 51.7 Å². The predicted molar refractivity (Wildman–Crippen MR) is 137 cm³/mol. The number of fused-ring (bicyclic) bond motifs is 1. The molecule has 0 radical (unpaired) electrons. The van der Waals surface area contributed by atoms with E-state index in [4.69, 9.17) is 8.60 Å². The summed E-state index contributed by atoms with van der Waals surface area (Å²) in [5, 5.41) is 3.22. The Bertz CT molecular complexity index is 1390. The van der Waals surface area contributed by atoms with Crippen molar-refractivity contribution in [1.29, 1.82) is 0 Å². The standard InChI is InChI=1S/C24H27N3O6S.H2S/c1-34(30,31)33-18-6-4-5-16(13-18)20(15-27-11-2-3-12-27)25-22(28)24(9-10-24)17-7-8-21-19(14-17)26-23(29)32-21;/h4-8,13-14,20H,2-3,9-12,15H2,1H3,(H,25,28)(H,26,29);1H2/t20-;/m1./s1. The first kappa shape index (κ1) is 25.3. The minimum Gasteiger partial charge on any atom is -0.408 e. The summed E-state index contributed by atoms with van der Waals surface area (Å²) in [5.41, 5.74) is 1.99. The van der Waals surface area contributed by atoms with Gasteiger partial charge in [0.05, 0.1) is 23.2 Å². The summed E-state index contributed by atoms with van der Waals surface area (Å²) in [7, 11) is -3.66. The number of carbonyl (C=O) groups is 1. The highest BCUT2D eigenvalue weighted by Crippen LogP contribution is 2.49. The van der Waals surface area contributed by atoms with Crippen molar-refractivity contribution >= 4 is 40.6 Å². The lowest BCUT2D eigenvalue weighted by atomic mass is 9.93. The van der Waals surface area contributed by atoms with Gasteiger partial charge in [0.2, 0.25) is 5.91 Å². The van der Waals surface area contributed by atoms with Crippen LogP contribution in [0.1, 0.15) is 42.9 Å². The molecule has 1 saturated heterocycles.